The summed E-state index contributed by atoms with van der Waals surface area (Å²) in [5.74, 6) is 1.21. The second-order valence-corrected chi connectivity index (χ2v) is 5.00. The Balaban J connectivity index is 1.93. The van der Waals surface area contributed by atoms with Gasteiger partial charge < -0.3 is 15.4 Å². The van der Waals surface area contributed by atoms with Crippen molar-refractivity contribution in [2.75, 3.05) is 0 Å². The third kappa shape index (κ3) is 3.64. The molecule has 92 valence electrons. The highest BCUT2D eigenvalue weighted by atomic mass is 15.0. The van der Waals surface area contributed by atoms with Crippen molar-refractivity contribution in [3.8, 4) is 0 Å². The molecule has 0 aromatic heterocycles. The molecule has 1 aliphatic rings. The van der Waals surface area contributed by atoms with Crippen molar-refractivity contribution in [2.24, 2.45) is 0 Å². The molecule has 2 radical (unpaired) electrons. The zero-order valence-corrected chi connectivity index (χ0v) is 11.2. The lowest BCUT2D eigenvalue weighted by atomic mass is 9.54. The molecule has 6 heteroatoms. The van der Waals surface area contributed by atoms with E-state index in [0.717, 1.165) is 0 Å². The highest BCUT2D eigenvalue weighted by Gasteiger charge is 2.27. The van der Waals surface area contributed by atoms with E-state index < -0.39 is 0 Å². The highest BCUT2D eigenvalue weighted by molar-refractivity contribution is 6.75. The second kappa shape index (κ2) is 7.02. The lowest BCUT2D eigenvalue weighted by Gasteiger charge is -2.29. The fourth-order valence-electron chi connectivity index (χ4n) is 2.54. The van der Waals surface area contributed by atoms with Crippen molar-refractivity contribution in [1.82, 2.24) is 15.4 Å². The molecule has 1 saturated heterocycles. The van der Waals surface area contributed by atoms with Crippen LogP contribution in [0, 0.1) is 0 Å². The van der Waals surface area contributed by atoms with Crippen molar-refractivity contribution < 1.29 is 0 Å². The second-order valence-electron chi connectivity index (χ2n) is 5.00. The van der Waals surface area contributed by atoms with Crippen molar-refractivity contribution >= 4 is 22.1 Å². The Hall–Kier alpha value is -0.705. The molecule has 1 fully saturated rings. The minimum Gasteiger partial charge on any atom is -0.379 e. The Morgan fingerprint density at radius 2 is 1.83 bits per heavy atom. The van der Waals surface area contributed by atoms with E-state index in [-0.39, 0.29) is 0 Å². The molecule has 0 bridgehead atoms. The van der Waals surface area contributed by atoms with Crippen molar-refractivity contribution in [1.29, 1.82) is 0 Å². The van der Waals surface area contributed by atoms with Crippen molar-refractivity contribution in [2.45, 2.75) is 38.4 Å². The average molecular weight is 239 g/mol. The number of hydrogen-bond acceptors (Lipinski definition) is 3. The topological polar surface area (TPSA) is 36.1 Å². The summed E-state index contributed by atoms with van der Waals surface area (Å²) in [6.07, 6.45) is 2.37. The number of nitrogens with one attached hydrogen (secondary N) is 3. The molecule has 1 aromatic rings. The summed E-state index contributed by atoms with van der Waals surface area (Å²) in [6, 6.07) is 10.8. The quantitative estimate of drug-likeness (QED) is 0.677. The summed E-state index contributed by atoms with van der Waals surface area (Å²) in [5.41, 5.74) is 1.45. The van der Waals surface area contributed by atoms with Crippen LogP contribution >= 0.6 is 0 Å². The number of benzene rings is 1. The first kappa shape index (κ1) is 13.7. The summed E-state index contributed by atoms with van der Waals surface area (Å²) in [7, 11) is 3.78. The van der Waals surface area contributed by atoms with E-state index in [1.165, 1.54) is 18.4 Å². The molecule has 0 saturated carbocycles. The minimum atomic E-state index is 0.323. The van der Waals surface area contributed by atoms with E-state index in [1.807, 2.05) is 15.1 Å². The van der Waals surface area contributed by atoms with Gasteiger partial charge in [0.1, 0.15) is 0 Å². The lowest BCUT2D eigenvalue weighted by Crippen LogP contribution is -2.64. The van der Waals surface area contributed by atoms with Crippen molar-refractivity contribution in [3.63, 3.8) is 0 Å². The van der Waals surface area contributed by atoms with Crippen LogP contribution in [0.3, 0.4) is 0 Å². The molecule has 0 amide bonds. The normalized spacial score (nSPS) is 18.7. The van der Waals surface area contributed by atoms with Gasteiger partial charge in [-0.3, -0.25) is 0 Å². The van der Waals surface area contributed by atoms with Crippen LogP contribution in [0.25, 0.3) is 0 Å². The van der Waals surface area contributed by atoms with Crippen molar-refractivity contribution in [3.05, 3.63) is 35.9 Å². The van der Waals surface area contributed by atoms with Gasteiger partial charge in [-0.2, -0.15) is 0 Å². The molecular weight excluding hydrogens is 219 g/mol. The van der Waals surface area contributed by atoms with E-state index in [9.17, 15) is 0 Å². The lowest BCUT2D eigenvalue weighted by molar-refractivity contribution is 0.585. The maximum atomic E-state index is 3.32. The van der Waals surface area contributed by atoms with Gasteiger partial charge in [0, 0.05) is 0 Å². The third-order valence-corrected chi connectivity index (χ3v) is 3.68. The molecule has 3 nitrogen and oxygen atoms in total. The van der Waals surface area contributed by atoms with Crippen LogP contribution in [0.4, 0.5) is 0 Å². The summed E-state index contributed by atoms with van der Waals surface area (Å²) >= 11 is 0. The maximum Gasteiger partial charge on any atom is 0.286 e. The van der Waals surface area contributed by atoms with Crippen LogP contribution in [0.5, 0.6) is 0 Å². The van der Waals surface area contributed by atoms with Gasteiger partial charge in [0.25, 0.3) is 22.1 Å². The van der Waals surface area contributed by atoms with Gasteiger partial charge in [0.2, 0.25) is 0 Å². The Labute approximate surface area is 112 Å². The minimum absolute atomic E-state index is 0.323. The molecule has 2 rings (SSSR count). The highest BCUT2D eigenvalue weighted by Crippen LogP contribution is 2.29. The molecule has 1 heterocycles. The van der Waals surface area contributed by atoms with Gasteiger partial charge in [-0.15, -0.1) is 0 Å². The van der Waals surface area contributed by atoms with E-state index >= 15 is 0 Å². The first-order valence-corrected chi connectivity index (χ1v) is 6.77. The molecule has 0 aliphatic carbocycles. The van der Waals surface area contributed by atoms with Crippen LogP contribution in [0.15, 0.2) is 30.3 Å². The van der Waals surface area contributed by atoms with E-state index in [4.69, 9.17) is 0 Å². The predicted molar refractivity (Wildman–Crippen MR) is 80.2 cm³/mol. The first-order chi connectivity index (χ1) is 8.81. The van der Waals surface area contributed by atoms with Crippen LogP contribution in [-0.4, -0.2) is 22.1 Å². The predicted octanol–water partition coefficient (Wildman–Crippen LogP) is 1.30. The third-order valence-electron chi connectivity index (χ3n) is 3.68. The maximum absolute atomic E-state index is 3.32. The molecule has 2 unspecified atom stereocenters. The summed E-state index contributed by atoms with van der Waals surface area (Å²) in [4.78, 5) is 0. The standard InChI is InChI=1S/C12H20B3N3/c1-3-11(12-7-5-4-6-8-12)9-10(2)15-17-13-16-14-18-15/h4-8,10-11,16-18H,3,9H2,1-2H3. The number of rotatable bonds is 5. The fourth-order valence-corrected chi connectivity index (χ4v) is 2.54. The molecule has 1 aromatic carbocycles. The summed E-state index contributed by atoms with van der Waals surface area (Å²) in [5, 5.41) is 9.64. The van der Waals surface area contributed by atoms with Gasteiger partial charge in [-0.05, 0) is 30.1 Å². The SMILES string of the molecule is CCC(CC(C)B1N[B]N[B]N1)c1ccccc1. The Bertz CT molecular complexity index is 344. The average Bonchev–Trinajstić information content (AvgIpc) is 2.46. The summed E-state index contributed by atoms with van der Waals surface area (Å²) in [6.45, 7) is 4.89. The van der Waals surface area contributed by atoms with Gasteiger partial charge in [0.15, 0.2) is 0 Å². The first-order valence-electron chi connectivity index (χ1n) is 6.77. The molecular formula is C12H20B3N3. The molecule has 3 N–H and O–H groups in total. The van der Waals surface area contributed by atoms with Crippen LogP contribution in [0.2, 0.25) is 5.82 Å². The van der Waals surface area contributed by atoms with Gasteiger partial charge in [-0.25, -0.2) is 0 Å². The Morgan fingerprint density at radius 3 is 2.44 bits per heavy atom. The van der Waals surface area contributed by atoms with Gasteiger partial charge >= 0.3 is 0 Å². The van der Waals surface area contributed by atoms with E-state index in [2.05, 4.69) is 59.6 Å². The molecule has 2 atom stereocenters. The van der Waals surface area contributed by atoms with Gasteiger partial charge in [0.05, 0.1) is 0 Å². The van der Waals surface area contributed by atoms with Gasteiger partial charge in [-0.1, -0.05) is 44.2 Å². The van der Waals surface area contributed by atoms with E-state index in [0.29, 0.717) is 18.7 Å². The Morgan fingerprint density at radius 1 is 1.17 bits per heavy atom. The summed E-state index contributed by atoms with van der Waals surface area (Å²) < 4.78 is 0. The smallest absolute Gasteiger partial charge is 0.286 e. The monoisotopic (exact) mass is 239 g/mol. The number of hydrogen-bond donors (Lipinski definition) is 3. The zero-order chi connectivity index (χ0) is 12.8. The van der Waals surface area contributed by atoms with Crippen LogP contribution in [0.1, 0.15) is 38.2 Å². The van der Waals surface area contributed by atoms with Crippen LogP contribution < -0.4 is 15.4 Å². The Kier molecular flexibility index (Phi) is 5.35. The molecule has 1 aliphatic heterocycles. The zero-order valence-electron chi connectivity index (χ0n) is 11.2. The van der Waals surface area contributed by atoms with E-state index in [1.54, 1.807) is 0 Å². The largest absolute Gasteiger partial charge is 0.379 e. The molecule has 18 heavy (non-hydrogen) atoms. The molecule has 0 spiro atoms. The fraction of sp³-hybridized carbons (Fsp3) is 0.500. The van der Waals surface area contributed by atoms with Crippen LogP contribution in [-0.2, 0) is 0 Å².